The molecular weight excluding hydrogens is 268 g/mol. The van der Waals surface area contributed by atoms with E-state index in [2.05, 4.69) is 5.32 Å². The Balaban J connectivity index is 2.10. The molecule has 5 heteroatoms. The van der Waals surface area contributed by atoms with Crippen molar-refractivity contribution in [1.82, 2.24) is 0 Å². The van der Waals surface area contributed by atoms with Gasteiger partial charge in [0.2, 0.25) is 0 Å². The van der Waals surface area contributed by atoms with E-state index in [-0.39, 0.29) is 12.5 Å². The number of nitrogen functional groups attached to an aromatic ring is 1. The van der Waals surface area contributed by atoms with Gasteiger partial charge in [0, 0.05) is 17.9 Å². The van der Waals surface area contributed by atoms with Gasteiger partial charge in [0.1, 0.15) is 5.75 Å². The van der Waals surface area contributed by atoms with Crippen LogP contribution in [0.3, 0.4) is 0 Å². The number of ether oxygens (including phenoxy) is 1. The summed E-state index contributed by atoms with van der Waals surface area (Å²) in [6.45, 7) is 0.108. The van der Waals surface area contributed by atoms with Gasteiger partial charge in [-0.05, 0) is 42.3 Å². The molecule has 4 N–H and O–H groups in total. The third-order valence-corrected chi connectivity index (χ3v) is 3.11. The molecule has 2 rings (SSSR count). The van der Waals surface area contributed by atoms with Gasteiger partial charge >= 0.3 is 0 Å². The molecule has 2 aromatic carbocycles. The number of anilines is 2. The van der Waals surface area contributed by atoms with Crippen LogP contribution in [0.25, 0.3) is 0 Å². The summed E-state index contributed by atoms with van der Waals surface area (Å²) in [5.41, 5.74) is 8.39. The number of carbonyl (C=O) groups is 1. The van der Waals surface area contributed by atoms with Crippen LogP contribution in [0.5, 0.6) is 5.75 Å². The Morgan fingerprint density at radius 1 is 1.24 bits per heavy atom. The molecule has 0 aliphatic rings. The number of hydrogen-bond acceptors (Lipinski definition) is 4. The summed E-state index contributed by atoms with van der Waals surface area (Å²) in [5.74, 6) is 0.240. The van der Waals surface area contributed by atoms with Crippen LogP contribution in [0.15, 0.2) is 42.5 Å². The molecule has 0 radical (unpaired) electrons. The molecule has 0 unspecified atom stereocenters. The third-order valence-electron chi connectivity index (χ3n) is 3.11. The average molecular weight is 286 g/mol. The lowest BCUT2D eigenvalue weighted by atomic mass is 10.1. The second kappa shape index (κ2) is 6.76. The van der Waals surface area contributed by atoms with E-state index < -0.39 is 0 Å². The van der Waals surface area contributed by atoms with E-state index in [1.807, 2.05) is 12.1 Å². The molecule has 0 spiro atoms. The van der Waals surface area contributed by atoms with Crippen LogP contribution in [0.2, 0.25) is 0 Å². The van der Waals surface area contributed by atoms with Crippen LogP contribution >= 0.6 is 0 Å². The lowest BCUT2D eigenvalue weighted by Crippen LogP contribution is -2.12. The average Bonchev–Trinajstić information content (AvgIpc) is 2.50. The molecule has 1 amide bonds. The van der Waals surface area contributed by atoms with Crippen molar-refractivity contribution in [2.75, 3.05) is 24.8 Å². The van der Waals surface area contributed by atoms with Gasteiger partial charge in [-0.25, -0.2) is 0 Å². The van der Waals surface area contributed by atoms with E-state index in [9.17, 15) is 4.79 Å². The van der Waals surface area contributed by atoms with Crippen molar-refractivity contribution >= 4 is 17.3 Å². The summed E-state index contributed by atoms with van der Waals surface area (Å²) >= 11 is 0. The second-order valence-corrected chi connectivity index (χ2v) is 4.58. The van der Waals surface area contributed by atoms with Crippen molar-refractivity contribution in [3.63, 3.8) is 0 Å². The van der Waals surface area contributed by atoms with Gasteiger partial charge in [0.25, 0.3) is 5.91 Å². The molecule has 0 saturated heterocycles. The SMILES string of the molecule is COc1cc(C(=O)Nc2ccc(CCO)cc2)ccc1N. The van der Waals surface area contributed by atoms with Crippen molar-refractivity contribution < 1.29 is 14.6 Å². The highest BCUT2D eigenvalue weighted by molar-refractivity contribution is 6.04. The van der Waals surface area contributed by atoms with Gasteiger partial charge < -0.3 is 20.9 Å². The Kier molecular flexibility index (Phi) is 4.79. The molecule has 0 atom stereocenters. The maximum atomic E-state index is 12.2. The summed E-state index contributed by atoms with van der Waals surface area (Å²) in [5, 5.41) is 11.7. The molecule has 110 valence electrons. The zero-order valence-corrected chi connectivity index (χ0v) is 11.8. The Morgan fingerprint density at radius 3 is 2.57 bits per heavy atom. The van der Waals surface area contributed by atoms with Crippen molar-refractivity contribution in [1.29, 1.82) is 0 Å². The van der Waals surface area contributed by atoms with E-state index in [0.717, 1.165) is 5.56 Å². The van der Waals surface area contributed by atoms with Crippen molar-refractivity contribution in [2.45, 2.75) is 6.42 Å². The van der Waals surface area contributed by atoms with Crippen LogP contribution in [-0.4, -0.2) is 24.7 Å². The largest absolute Gasteiger partial charge is 0.495 e. The van der Waals surface area contributed by atoms with Crippen LogP contribution < -0.4 is 15.8 Å². The lowest BCUT2D eigenvalue weighted by molar-refractivity contribution is 0.102. The van der Waals surface area contributed by atoms with Crippen LogP contribution in [0.4, 0.5) is 11.4 Å². The number of nitrogens with one attached hydrogen (secondary N) is 1. The van der Waals surface area contributed by atoms with E-state index in [1.54, 1.807) is 30.3 Å². The molecule has 0 heterocycles. The molecule has 0 aliphatic heterocycles. The third kappa shape index (κ3) is 3.73. The van der Waals surface area contributed by atoms with Gasteiger partial charge in [-0.15, -0.1) is 0 Å². The minimum Gasteiger partial charge on any atom is -0.495 e. The minimum atomic E-state index is -0.233. The summed E-state index contributed by atoms with van der Waals surface area (Å²) in [7, 11) is 1.51. The molecule has 2 aromatic rings. The van der Waals surface area contributed by atoms with E-state index in [0.29, 0.717) is 29.1 Å². The second-order valence-electron chi connectivity index (χ2n) is 4.58. The van der Waals surface area contributed by atoms with Gasteiger partial charge in [-0.2, -0.15) is 0 Å². The summed E-state index contributed by atoms with van der Waals surface area (Å²) < 4.78 is 5.10. The number of aliphatic hydroxyl groups is 1. The van der Waals surface area contributed by atoms with Crippen molar-refractivity contribution in [3.05, 3.63) is 53.6 Å². The number of carbonyl (C=O) groups excluding carboxylic acids is 1. The van der Waals surface area contributed by atoms with E-state index >= 15 is 0 Å². The number of nitrogens with two attached hydrogens (primary N) is 1. The summed E-state index contributed by atoms with van der Waals surface area (Å²) in [6.07, 6.45) is 0.601. The highest BCUT2D eigenvalue weighted by atomic mass is 16.5. The predicted octanol–water partition coefficient (Wildman–Crippen LogP) is 2.06. The molecule has 0 aliphatic carbocycles. The first-order valence-corrected chi connectivity index (χ1v) is 6.58. The molecule has 5 nitrogen and oxygen atoms in total. The Labute approximate surface area is 123 Å². The van der Waals surface area contributed by atoms with Gasteiger partial charge in [-0.3, -0.25) is 4.79 Å². The Bertz CT molecular complexity index is 624. The Hall–Kier alpha value is -2.53. The molecular formula is C16H18N2O3. The summed E-state index contributed by atoms with van der Waals surface area (Å²) in [4.78, 5) is 12.2. The predicted molar refractivity (Wildman–Crippen MR) is 82.6 cm³/mol. The van der Waals surface area contributed by atoms with Crippen LogP contribution in [-0.2, 0) is 6.42 Å². The monoisotopic (exact) mass is 286 g/mol. The fourth-order valence-corrected chi connectivity index (χ4v) is 1.94. The lowest BCUT2D eigenvalue weighted by Gasteiger charge is -2.09. The van der Waals surface area contributed by atoms with E-state index in [4.69, 9.17) is 15.6 Å². The molecule has 0 bridgehead atoms. The van der Waals surface area contributed by atoms with Gasteiger partial charge in [0.15, 0.2) is 0 Å². The minimum absolute atomic E-state index is 0.108. The van der Waals surface area contributed by atoms with Crippen LogP contribution in [0, 0.1) is 0 Å². The fraction of sp³-hybridized carbons (Fsp3) is 0.188. The molecule has 21 heavy (non-hydrogen) atoms. The molecule has 0 saturated carbocycles. The number of rotatable bonds is 5. The van der Waals surface area contributed by atoms with Gasteiger partial charge in [-0.1, -0.05) is 12.1 Å². The normalized spacial score (nSPS) is 10.2. The number of methoxy groups -OCH3 is 1. The Morgan fingerprint density at radius 2 is 1.95 bits per heavy atom. The number of benzene rings is 2. The quantitative estimate of drug-likeness (QED) is 0.735. The topological polar surface area (TPSA) is 84.6 Å². The van der Waals surface area contributed by atoms with Gasteiger partial charge in [0.05, 0.1) is 12.8 Å². The highest BCUT2D eigenvalue weighted by Crippen LogP contribution is 2.22. The molecule has 0 aromatic heterocycles. The highest BCUT2D eigenvalue weighted by Gasteiger charge is 2.09. The first kappa shape index (κ1) is 14.9. The summed E-state index contributed by atoms with van der Waals surface area (Å²) in [6, 6.07) is 12.2. The maximum Gasteiger partial charge on any atom is 0.255 e. The van der Waals surface area contributed by atoms with Crippen LogP contribution in [0.1, 0.15) is 15.9 Å². The van der Waals surface area contributed by atoms with Crippen molar-refractivity contribution in [2.24, 2.45) is 0 Å². The molecule has 0 fully saturated rings. The smallest absolute Gasteiger partial charge is 0.255 e. The number of aliphatic hydroxyl groups excluding tert-OH is 1. The first-order valence-electron chi connectivity index (χ1n) is 6.58. The number of amides is 1. The fourth-order valence-electron chi connectivity index (χ4n) is 1.94. The standard InChI is InChI=1S/C16H18N2O3/c1-21-15-10-12(4-7-14(15)17)16(20)18-13-5-2-11(3-6-13)8-9-19/h2-7,10,19H,8-9,17H2,1H3,(H,18,20). The zero-order valence-electron chi connectivity index (χ0n) is 11.8. The van der Waals surface area contributed by atoms with Crippen molar-refractivity contribution in [3.8, 4) is 5.75 Å². The number of hydrogen-bond donors (Lipinski definition) is 3. The zero-order chi connectivity index (χ0) is 15.2. The van der Waals surface area contributed by atoms with E-state index in [1.165, 1.54) is 7.11 Å². The first-order chi connectivity index (χ1) is 10.1. The maximum absolute atomic E-state index is 12.2.